The van der Waals surface area contributed by atoms with Crippen molar-refractivity contribution >= 4 is 41.0 Å². The van der Waals surface area contributed by atoms with Crippen molar-refractivity contribution in [1.82, 2.24) is 5.32 Å². The van der Waals surface area contributed by atoms with E-state index in [1.807, 2.05) is 13.8 Å². The van der Waals surface area contributed by atoms with Gasteiger partial charge >= 0.3 is 12.4 Å². The number of alkyl halides is 6. The van der Waals surface area contributed by atoms with Crippen LogP contribution in [0.5, 0.6) is 0 Å². The third-order valence-electron chi connectivity index (χ3n) is 4.14. The van der Waals surface area contributed by atoms with Gasteiger partial charge in [0.25, 0.3) is 0 Å². The van der Waals surface area contributed by atoms with E-state index in [0.717, 1.165) is 11.8 Å². The van der Waals surface area contributed by atoms with E-state index in [4.69, 9.17) is 9.90 Å². The molecule has 3 N–H and O–H groups in total. The van der Waals surface area contributed by atoms with Crippen molar-refractivity contribution in [2.45, 2.75) is 57.9 Å². The van der Waals surface area contributed by atoms with Crippen LogP contribution in [0.1, 0.15) is 39.5 Å². The molecular formula is C21H27F6N3O5S. The molecular weight excluding hydrogens is 520 g/mol. The van der Waals surface area contributed by atoms with Gasteiger partial charge in [-0.1, -0.05) is 13.8 Å². The average Bonchev–Trinajstić information content (AvgIpc) is 2.76. The van der Waals surface area contributed by atoms with Crippen LogP contribution in [0.25, 0.3) is 0 Å². The zero-order valence-corrected chi connectivity index (χ0v) is 20.2. The molecule has 36 heavy (non-hydrogen) atoms. The van der Waals surface area contributed by atoms with Gasteiger partial charge in [-0.05, 0) is 37.0 Å². The Balaban J connectivity index is 0.00000152. The van der Waals surface area contributed by atoms with Crippen molar-refractivity contribution < 1.29 is 55.6 Å². The maximum absolute atomic E-state index is 12.5. The number of aromatic amines is 1. The Hall–Kier alpha value is -2.84. The van der Waals surface area contributed by atoms with Crippen LogP contribution in [0, 0.1) is 5.92 Å². The second kappa shape index (κ2) is 16.0. The number of aromatic nitrogens is 1. The van der Waals surface area contributed by atoms with Gasteiger partial charge in [-0.15, -0.1) is 0 Å². The summed E-state index contributed by atoms with van der Waals surface area (Å²) in [5, 5.41) is 14.2. The molecule has 0 radical (unpaired) electrons. The van der Waals surface area contributed by atoms with Crippen molar-refractivity contribution in [2.75, 3.05) is 16.8 Å². The fourth-order valence-electron chi connectivity index (χ4n) is 2.29. The fraction of sp³-hybridized carbons (Fsp3) is 0.571. The van der Waals surface area contributed by atoms with Crippen molar-refractivity contribution in [2.24, 2.45) is 5.92 Å². The summed E-state index contributed by atoms with van der Waals surface area (Å²) in [4.78, 5) is 47.2. The highest BCUT2D eigenvalue weighted by Crippen LogP contribution is 2.19. The molecule has 0 aromatic carbocycles. The number of pyridine rings is 1. The number of ketones is 1. The number of carboxylic acid groups (broad SMARTS) is 1. The van der Waals surface area contributed by atoms with Crippen molar-refractivity contribution in [3.05, 3.63) is 24.5 Å². The van der Waals surface area contributed by atoms with E-state index >= 15 is 0 Å². The molecule has 0 aliphatic rings. The summed E-state index contributed by atoms with van der Waals surface area (Å²) in [5.41, 5.74) is 0.532. The summed E-state index contributed by atoms with van der Waals surface area (Å²) in [6.07, 6.45) is -5.15. The summed E-state index contributed by atoms with van der Waals surface area (Å²) in [7, 11) is 0. The van der Waals surface area contributed by atoms with Gasteiger partial charge in [0.2, 0.25) is 17.6 Å². The Bertz CT molecular complexity index is 851. The van der Waals surface area contributed by atoms with Crippen molar-refractivity contribution in [3.8, 4) is 0 Å². The van der Waals surface area contributed by atoms with E-state index in [0.29, 0.717) is 24.4 Å². The first-order valence-corrected chi connectivity index (χ1v) is 11.7. The van der Waals surface area contributed by atoms with Crippen LogP contribution < -0.4 is 20.7 Å². The number of Topliss-reactive ketones (excluding diaryl/α,β-unsaturated/α-hetero) is 1. The van der Waals surface area contributed by atoms with Gasteiger partial charge in [-0.25, -0.2) is 4.98 Å². The van der Waals surface area contributed by atoms with Crippen molar-refractivity contribution in [3.63, 3.8) is 0 Å². The lowest BCUT2D eigenvalue weighted by Crippen LogP contribution is -2.44. The SMILES string of the molecule is CC(C)CCC(=O)N[C@@H](CCCSCC(=O)C(F)(F)F)C(=O)Nc1ccc[nH+]c1.O=C([O-])C(F)(F)F. The summed E-state index contributed by atoms with van der Waals surface area (Å²) in [5.74, 6) is -5.48. The predicted octanol–water partition coefficient (Wildman–Crippen LogP) is 2.30. The molecule has 0 unspecified atom stereocenters. The average molecular weight is 548 g/mol. The highest BCUT2D eigenvalue weighted by Gasteiger charge is 2.37. The molecule has 1 aromatic rings. The topological polar surface area (TPSA) is 130 Å². The number of anilines is 1. The molecule has 0 aliphatic carbocycles. The normalized spacial score (nSPS) is 12.2. The first kappa shape index (κ1) is 33.2. The van der Waals surface area contributed by atoms with Crippen LogP contribution >= 0.6 is 11.8 Å². The third-order valence-corrected chi connectivity index (χ3v) is 5.18. The summed E-state index contributed by atoms with van der Waals surface area (Å²) in [6, 6.07) is 2.58. The number of hydrogen-bond acceptors (Lipinski definition) is 6. The molecule has 8 nitrogen and oxygen atoms in total. The van der Waals surface area contributed by atoms with Crippen LogP contribution in [0.15, 0.2) is 24.5 Å². The smallest absolute Gasteiger partial charge is 0.450 e. The number of carboxylic acids is 1. The van der Waals surface area contributed by atoms with E-state index in [9.17, 15) is 40.7 Å². The minimum Gasteiger partial charge on any atom is -0.542 e. The zero-order valence-electron chi connectivity index (χ0n) is 19.4. The van der Waals surface area contributed by atoms with Crippen LogP contribution in [0.3, 0.4) is 0 Å². The monoisotopic (exact) mass is 547 g/mol. The number of nitrogens with one attached hydrogen (secondary N) is 3. The van der Waals surface area contributed by atoms with Gasteiger partial charge < -0.3 is 20.5 Å². The Morgan fingerprint density at radius 2 is 1.67 bits per heavy atom. The molecule has 0 aliphatic heterocycles. The minimum absolute atomic E-state index is 0.252. The Labute approximate surface area is 207 Å². The molecule has 15 heteroatoms. The van der Waals surface area contributed by atoms with Gasteiger partial charge in [0.05, 0.1) is 5.75 Å². The van der Waals surface area contributed by atoms with E-state index in [1.165, 1.54) is 0 Å². The van der Waals surface area contributed by atoms with Crippen LogP contribution in [-0.4, -0.2) is 53.5 Å². The van der Waals surface area contributed by atoms with Gasteiger partial charge in [0, 0.05) is 12.5 Å². The lowest BCUT2D eigenvalue weighted by Gasteiger charge is -2.18. The maximum atomic E-state index is 12.5. The quantitative estimate of drug-likeness (QED) is 0.305. The van der Waals surface area contributed by atoms with E-state index < -0.39 is 41.8 Å². The second-order valence-corrected chi connectivity index (χ2v) is 8.84. The largest absolute Gasteiger partial charge is 0.542 e. The summed E-state index contributed by atoms with van der Waals surface area (Å²) < 4.78 is 68.2. The molecule has 1 aromatic heterocycles. The van der Waals surface area contributed by atoms with Crippen LogP contribution in [0.2, 0.25) is 0 Å². The summed E-state index contributed by atoms with van der Waals surface area (Å²) >= 11 is 0.860. The van der Waals surface area contributed by atoms with Gasteiger partial charge in [0.15, 0.2) is 12.4 Å². The number of H-pyrrole nitrogens is 1. The number of halogens is 6. The Kier molecular flexibility index (Phi) is 14.7. The number of thioether (sulfide) groups is 1. The van der Waals surface area contributed by atoms with Crippen LogP contribution in [0.4, 0.5) is 32.0 Å². The number of hydrogen-bond donors (Lipinski definition) is 2. The third kappa shape index (κ3) is 15.9. The molecule has 204 valence electrons. The lowest BCUT2D eigenvalue weighted by molar-refractivity contribution is -0.377. The zero-order chi connectivity index (χ0) is 27.9. The van der Waals surface area contributed by atoms with Gasteiger partial charge in [-0.3, -0.25) is 14.4 Å². The molecule has 0 bridgehead atoms. The van der Waals surface area contributed by atoms with Crippen molar-refractivity contribution in [1.29, 1.82) is 0 Å². The highest BCUT2D eigenvalue weighted by molar-refractivity contribution is 7.99. The second-order valence-electron chi connectivity index (χ2n) is 7.73. The number of amides is 2. The summed E-state index contributed by atoms with van der Waals surface area (Å²) in [6.45, 7) is 3.98. The van der Waals surface area contributed by atoms with E-state index in [2.05, 4.69) is 15.6 Å². The number of aliphatic carboxylic acids is 1. The molecule has 0 spiro atoms. The highest BCUT2D eigenvalue weighted by atomic mass is 32.2. The lowest BCUT2D eigenvalue weighted by atomic mass is 10.1. The molecule has 1 atom stereocenters. The molecule has 1 heterocycles. The van der Waals surface area contributed by atoms with E-state index in [-0.39, 0.29) is 24.5 Å². The Morgan fingerprint density at radius 1 is 1.06 bits per heavy atom. The van der Waals surface area contributed by atoms with Gasteiger partial charge in [-0.2, -0.15) is 38.1 Å². The van der Waals surface area contributed by atoms with E-state index in [1.54, 1.807) is 24.5 Å². The Morgan fingerprint density at radius 3 is 2.14 bits per heavy atom. The fourth-order valence-corrected chi connectivity index (χ4v) is 3.16. The molecule has 0 saturated carbocycles. The predicted molar refractivity (Wildman–Crippen MR) is 116 cm³/mol. The number of carbonyl (C=O) groups is 4. The van der Waals surface area contributed by atoms with Gasteiger partial charge in [0.1, 0.15) is 17.7 Å². The molecule has 0 saturated heterocycles. The standard InChI is InChI=1S/C19H26F3N3O3S.C2HF3O2/c1-13(2)7-8-17(27)25-15(18(28)24-14-5-3-9-23-11-14)6-4-10-29-12-16(26)19(20,21)22;3-2(4,5)1(6)7/h3,5,9,11,13,15H,4,6-8,10,12H2,1-2H3,(H,24,28)(H,25,27);(H,6,7)/t15-;/m0./s1. The molecule has 0 fully saturated rings. The first-order chi connectivity index (χ1) is 16.5. The molecule has 1 rings (SSSR count). The molecule has 2 amide bonds. The number of rotatable bonds is 12. The maximum Gasteiger partial charge on any atom is 0.450 e. The van der Waals surface area contributed by atoms with Crippen LogP contribution in [-0.2, 0) is 19.2 Å². The first-order valence-electron chi connectivity index (χ1n) is 10.6. The minimum atomic E-state index is -5.19. The number of carbonyl (C=O) groups excluding carboxylic acids is 4.